The zero-order valence-electron chi connectivity index (χ0n) is 10.3. The second kappa shape index (κ2) is 5.16. The molecule has 108 valence electrons. The summed E-state index contributed by atoms with van der Waals surface area (Å²) >= 11 is 0. The molecule has 0 saturated carbocycles. The highest BCUT2D eigenvalue weighted by Gasteiger charge is 2.31. The summed E-state index contributed by atoms with van der Waals surface area (Å²) in [5.74, 6) is -1.31. The molecule has 0 amide bonds. The van der Waals surface area contributed by atoms with Crippen molar-refractivity contribution >= 4 is 16.7 Å². The highest BCUT2D eigenvalue weighted by atomic mass is 19.4. The number of hydrogen-bond donors (Lipinski definition) is 2. The fourth-order valence-corrected chi connectivity index (χ4v) is 2.06. The van der Waals surface area contributed by atoms with Gasteiger partial charge in [0.05, 0.1) is 18.2 Å². The van der Waals surface area contributed by atoms with Gasteiger partial charge in [0.2, 0.25) is 0 Å². The maximum Gasteiger partial charge on any atom is 0.416 e. The van der Waals surface area contributed by atoms with Gasteiger partial charge in [-0.2, -0.15) is 13.2 Å². The Balaban J connectivity index is 2.44. The summed E-state index contributed by atoms with van der Waals surface area (Å²) in [6.07, 6.45) is -3.48. The minimum atomic E-state index is -4.43. The second-order valence-corrected chi connectivity index (χ2v) is 4.43. The molecular formula is C13H12F3NO3. The van der Waals surface area contributed by atoms with Gasteiger partial charge >= 0.3 is 12.1 Å². The van der Waals surface area contributed by atoms with E-state index in [4.69, 9.17) is 15.3 Å². The number of benzene rings is 1. The predicted octanol–water partition coefficient (Wildman–Crippen LogP) is 2.97. The first-order valence-electron chi connectivity index (χ1n) is 5.83. The molecule has 0 spiro atoms. The average molecular weight is 287 g/mol. The van der Waals surface area contributed by atoms with Crippen LogP contribution in [-0.2, 0) is 11.0 Å². The van der Waals surface area contributed by atoms with Crippen molar-refractivity contribution in [3.05, 3.63) is 35.8 Å². The largest absolute Gasteiger partial charge is 0.481 e. The smallest absolute Gasteiger partial charge is 0.416 e. The zero-order chi connectivity index (χ0) is 14.9. The van der Waals surface area contributed by atoms with Crippen LogP contribution >= 0.6 is 0 Å². The van der Waals surface area contributed by atoms with Gasteiger partial charge in [-0.15, -0.1) is 0 Å². The monoisotopic (exact) mass is 287 g/mol. The summed E-state index contributed by atoms with van der Waals surface area (Å²) in [6.45, 7) is 0.0376. The van der Waals surface area contributed by atoms with Gasteiger partial charge in [0.1, 0.15) is 5.76 Å². The highest BCUT2D eigenvalue weighted by molar-refractivity contribution is 5.85. The van der Waals surface area contributed by atoms with Gasteiger partial charge in [0.15, 0.2) is 0 Å². The number of halogens is 3. The van der Waals surface area contributed by atoms with E-state index in [-0.39, 0.29) is 18.4 Å². The number of rotatable bonds is 4. The minimum absolute atomic E-state index is 0.0376. The molecule has 0 bridgehead atoms. The second-order valence-electron chi connectivity index (χ2n) is 4.43. The van der Waals surface area contributed by atoms with Crippen LogP contribution in [0.5, 0.6) is 0 Å². The Morgan fingerprint density at radius 1 is 1.40 bits per heavy atom. The Hall–Kier alpha value is -2.02. The Labute approximate surface area is 112 Å². The van der Waals surface area contributed by atoms with Crippen LogP contribution in [0.3, 0.4) is 0 Å². The molecule has 0 radical (unpaired) electrons. The Bertz CT molecular complexity index is 633. The molecule has 1 aromatic carbocycles. The van der Waals surface area contributed by atoms with E-state index in [1.807, 2.05) is 0 Å². The third kappa shape index (κ3) is 2.77. The van der Waals surface area contributed by atoms with Crippen LogP contribution in [0.4, 0.5) is 13.2 Å². The number of hydrogen-bond acceptors (Lipinski definition) is 3. The van der Waals surface area contributed by atoms with E-state index in [0.717, 1.165) is 12.1 Å². The van der Waals surface area contributed by atoms with E-state index in [1.54, 1.807) is 0 Å². The summed E-state index contributed by atoms with van der Waals surface area (Å²) in [5.41, 5.74) is 4.72. The van der Waals surface area contributed by atoms with Gasteiger partial charge in [-0.25, -0.2) is 0 Å². The van der Waals surface area contributed by atoms with Gasteiger partial charge in [0.25, 0.3) is 0 Å². The molecular weight excluding hydrogens is 275 g/mol. The Morgan fingerprint density at radius 2 is 2.10 bits per heavy atom. The lowest BCUT2D eigenvalue weighted by Crippen LogP contribution is -2.16. The molecule has 1 heterocycles. The lowest BCUT2D eigenvalue weighted by Gasteiger charge is -2.10. The van der Waals surface area contributed by atoms with Crippen molar-refractivity contribution in [2.45, 2.75) is 18.5 Å². The first kappa shape index (κ1) is 14.4. The van der Waals surface area contributed by atoms with Crippen LogP contribution in [0.25, 0.3) is 10.8 Å². The molecule has 1 atom stereocenters. The fourth-order valence-electron chi connectivity index (χ4n) is 2.06. The maximum atomic E-state index is 12.6. The van der Waals surface area contributed by atoms with Crippen molar-refractivity contribution < 1.29 is 27.5 Å². The average Bonchev–Trinajstić information content (AvgIpc) is 2.77. The molecule has 0 fully saturated rings. The Kier molecular flexibility index (Phi) is 3.71. The van der Waals surface area contributed by atoms with E-state index in [0.29, 0.717) is 11.1 Å². The van der Waals surface area contributed by atoms with Crippen LogP contribution in [-0.4, -0.2) is 17.6 Å². The number of alkyl halides is 3. The number of carbonyl (C=O) groups is 1. The third-order valence-corrected chi connectivity index (χ3v) is 3.03. The van der Waals surface area contributed by atoms with Gasteiger partial charge in [-0.05, 0) is 12.1 Å². The molecule has 1 unspecified atom stereocenters. The predicted molar refractivity (Wildman–Crippen MR) is 65.3 cm³/mol. The molecule has 4 nitrogen and oxygen atoms in total. The summed E-state index contributed by atoms with van der Waals surface area (Å²) in [4.78, 5) is 10.7. The molecule has 1 aromatic heterocycles. The number of nitrogens with two attached hydrogens (primary N) is 1. The van der Waals surface area contributed by atoms with Crippen molar-refractivity contribution in [2.75, 3.05) is 6.54 Å². The number of carboxylic acid groups (broad SMARTS) is 1. The summed E-state index contributed by atoms with van der Waals surface area (Å²) in [6, 6.07) is 3.19. The molecule has 0 aliphatic heterocycles. The van der Waals surface area contributed by atoms with Gasteiger partial charge in [-0.1, -0.05) is 6.07 Å². The molecule has 0 aliphatic carbocycles. The SMILES string of the molecule is NCC(CC(=O)O)c1occ2cc(C(F)(F)F)ccc12. The van der Waals surface area contributed by atoms with E-state index in [2.05, 4.69) is 0 Å². The van der Waals surface area contributed by atoms with Crippen LogP contribution in [0, 0.1) is 0 Å². The first-order valence-corrected chi connectivity index (χ1v) is 5.83. The van der Waals surface area contributed by atoms with Crippen molar-refractivity contribution in [1.29, 1.82) is 0 Å². The topological polar surface area (TPSA) is 76.5 Å². The van der Waals surface area contributed by atoms with Crippen LogP contribution in [0.1, 0.15) is 23.7 Å². The van der Waals surface area contributed by atoms with Crippen LogP contribution < -0.4 is 5.73 Å². The van der Waals surface area contributed by atoms with Crippen molar-refractivity contribution in [2.24, 2.45) is 5.73 Å². The van der Waals surface area contributed by atoms with Crippen molar-refractivity contribution in [3.8, 4) is 0 Å². The summed E-state index contributed by atoms with van der Waals surface area (Å²) in [5, 5.41) is 9.52. The minimum Gasteiger partial charge on any atom is -0.481 e. The molecule has 2 rings (SSSR count). The van der Waals surface area contributed by atoms with E-state index in [1.165, 1.54) is 12.3 Å². The van der Waals surface area contributed by atoms with E-state index in [9.17, 15) is 18.0 Å². The fraction of sp³-hybridized carbons (Fsp3) is 0.308. The first-order chi connectivity index (χ1) is 9.32. The molecule has 7 heteroatoms. The summed E-state index contributed by atoms with van der Waals surface area (Å²) < 4.78 is 43.0. The molecule has 20 heavy (non-hydrogen) atoms. The van der Waals surface area contributed by atoms with E-state index >= 15 is 0 Å². The van der Waals surface area contributed by atoms with Gasteiger partial charge in [-0.3, -0.25) is 4.79 Å². The van der Waals surface area contributed by atoms with E-state index < -0.39 is 23.6 Å². The Morgan fingerprint density at radius 3 is 2.65 bits per heavy atom. The normalized spacial score (nSPS) is 13.6. The number of fused-ring (bicyclic) bond motifs is 1. The molecule has 0 aliphatic rings. The zero-order valence-corrected chi connectivity index (χ0v) is 10.3. The number of aliphatic carboxylic acids is 1. The van der Waals surface area contributed by atoms with Crippen molar-refractivity contribution in [3.63, 3.8) is 0 Å². The molecule has 3 N–H and O–H groups in total. The number of furan rings is 1. The highest BCUT2D eigenvalue weighted by Crippen LogP contribution is 2.35. The van der Waals surface area contributed by atoms with Crippen LogP contribution in [0.15, 0.2) is 28.9 Å². The lowest BCUT2D eigenvalue weighted by molar-refractivity contribution is -0.138. The third-order valence-electron chi connectivity index (χ3n) is 3.03. The molecule has 2 aromatic rings. The standard InChI is InChI=1S/C13H12F3NO3/c14-13(15,16)9-1-2-10-8(3-9)6-20-12(10)7(5-17)4-11(18)19/h1-3,6-7H,4-5,17H2,(H,18,19). The lowest BCUT2D eigenvalue weighted by atomic mass is 9.98. The maximum absolute atomic E-state index is 12.6. The van der Waals surface area contributed by atoms with Gasteiger partial charge in [0, 0.05) is 23.2 Å². The van der Waals surface area contributed by atoms with Gasteiger partial charge < -0.3 is 15.3 Å². The van der Waals surface area contributed by atoms with Crippen molar-refractivity contribution in [1.82, 2.24) is 0 Å². The number of carboxylic acids is 1. The quantitative estimate of drug-likeness (QED) is 0.906. The molecule has 0 saturated heterocycles. The van der Waals surface area contributed by atoms with Crippen LogP contribution in [0.2, 0.25) is 0 Å². The summed E-state index contributed by atoms with van der Waals surface area (Å²) in [7, 11) is 0.